The van der Waals surface area contributed by atoms with Gasteiger partial charge in [0.05, 0.1) is 18.7 Å². The molecule has 1 fully saturated rings. The molecule has 1 saturated heterocycles. The summed E-state index contributed by atoms with van der Waals surface area (Å²) in [7, 11) is 1.67. The Kier molecular flexibility index (Phi) is 4.97. The number of hydrogen-bond donors (Lipinski definition) is 1. The van der Waals surface area contributed by atoms with Gasteiger partial charge in [0, 0.05) is 25.0 Å². The van der Waals surface area contributed by atoms with Crippen molar-refractivity contribution in [1.82, 2.24) is 9.97 Å². The SMILES string of the molecule is COc1ccc(Cc2nc(NC[C@H]3CCCO3)c3ccccc3n2)cc1. The highest BCUT2D eigenvalue weighted by molar-refractivity contribution is 5.89. The van der Waals surface area contributed by atoms with Crippen LogP contribution in [0.15, 0.2) is 48.5 Å². The first-order valence-corrected chi connectivity index (χ1v) is 9.06. The van der Waals surface area contributed by atoms with Crippen LogP contribution in [0.3, 0.4) is 0 Å². The molecule has 0 saturated carbocycles. The Balaban J connectivity index is 1.59. The van der Waals surface area contributed by atoms with Gasteiger partial charge in [0.15, 0.2) is 0 Å². The molecule has 26 heavy (non-hydrogen) atoms. The topological polar surface area (TPSA) is 56.3 Å². The van der Waals surface area contributed by atoms with Crippen LogP contribution in [0.4, 0.5) is 5.82 Å². The standard InChI is InChI=1S/C21H23N3O2/c1-25-16-10-8-15(9-11-16)13-20-23-19-7-3-2-6-18(19)21(24-20)22-14-17-5-4-12-26-17/h2-3,6-11,17H,4-5,12-14H2,1H3,(H,22,23,24)/t17-/m1/s1. The summed E-state index contributed by atoms with van der Waals surface area (Å²) in [4.78, 5) is 9.53. The second-order valence-electron chi connectivity index (χ2n) is 6.55. The van der Waals surface area contributed by atoms with Gasteiger partial charge < -0.3 is 14.8 Å². The first-order valence-electron chi connectivity index (χ1n) is 9.06. The summed E-state index contributed by atoms with van der Waals surface area (Å²) in [5.41, 5.74) is 2.12. The Bertz CT molecular complexity index is 874. The number of nitrogens with one attached hydrogen (secondary N) is 1. The van der Waals surface area contributed by atoms with Crippen LogP contribution in [0.5, 0.6) is 5.75 Å². The number of aromatic nitrogens is 2. The Morgan fingerprint density at radius 2 is 1.96 bits per heavy atom. The van der Waals surface area contributed by atoms with Gasteiger partial charge in [0.25, 0.3) is 0 Å². The highest BCUT2D eigenvalue weighted by Crippen LogP contribution is 2.22. The van der Waals surface area contributed by atoms with E-state index in [4.69, 9.17) is 19.4 Å². The van der Waals surface area contributed by atoms with Crippen molar-refractivity contribution < 1.29 is 9.47 Å². The number of nitrogens with zero attached hydrogens (tertiary/aromatic N) is 2. The van der Waals surface area contributed by atoms with E-state index in [-0.39, 0.29) is 6.10 Å². The van der Waals surface area contributed by atoms with Gasteiger partial charge in [-0.05, 0) is 42.7 Å². The molecule has 1 N–H and O–H groups in total. The lowest BCUT2D eigenvalue weighted by Crippen LogP contribution is -2.19. The molecule has 2 aromatic carbocycles. The molecule has 0 spiro atoms. The first kappa shape index (κ1) is 16.8. The van der Waals surface area contributed by atoms with Gasteiger partial charge in [0.1, 0.15) is 17.4 Å². The third-order valence-electron chi connectivity index (χ3n) is 4.69. The second kappa shape index (κ2) is 7.70. The van der Waals surface area contributed by atoms with Crippen molar-refractivity contribution in [2.45, 2.75) is 25.4 Å². The van der Waals surface area contributed by atoms with E-state index < -0.39 is 0 Å². The second-order valence-corrected chi connectivity index (χ2v) is 6.55. The largest absolute Gasteiger partial charge is 0.497 e. The summed E-state index contributed by atoms with van der Waals surface area (Å²) in [5, 5.41) is 4.52. The van der Waals surface area contributed by atoms with E-state index in [2.05, 4.69) is 23.5 Å². The molecule has 0 aliphatic carbocycles. The molecule has 3 aromatic rings. The summed E-state index contributed by atoms with van der Waals surface area (Å²) < 4.78 is 10.9. The maximum atomic E-state index is 5.72. The zero-order valence-corrected chi connectivity index (χ0v) is 14.9. The molecule has 134 valence electrons. The highest BCUT2D eigenvalue weighted by atomic mass is 16.5. The smallest absolute Gasteiger partial charge is 0.137 e. The van der Waals surface area contributed by atoms with Crippen molar-refractivity contribution in [2.75, 3.05) is 25.6 Å². The molecule has 0 unspecified atom stereocenters. The molecule has 2 heterocycles. The fourth-order valence-electron chi connectivity index (χ4n) is 3.28. The van der Waals surface area contributed by atoms with Crippen LogP contribution >= 0.6 is 0 Å². The number of anilines is 1. The molecule has 1 atom stereocenters. The maximum Gasteiger partial charge on any atom is 0.137 e. The quantitative estimate of drug-likeness (QED) is 0.733. The van der Waals surface area contributed by atoms with E-state index in [0.29, 0.717) is 6.42 Å². The van der Waals surface area contributed by atoms with Gasteiger partial charge in [-0.3, -0.25) is 0 Å². The van der Waals surface area contributed by atoms with Crippen molar-refractivity contribution in [3.8, 4) is 5.75 Å². The van der Waals surface area contributed by atoms with E-state index in [1.54, 1.807) is 7.11 Å². The van der Waals surface area contributed by atoms with E-state index in [1.807, 2.05) is 30.3 Å². The number of methoxy groups -OCH3 is 1. The van der Waals surface area contributed by atoms with Crippen LogP contribution in [0.2, 0.25) is 0 Å². The number of fused-ring (bicyclic) bond motifs is 1. The van der Waals surface area contributed by atoms with E-state index >= 15 is 0 Å². The number of hydrogen-bond acceptors (Lipinski definition) is 5. The summed E-state index contributed by atoms with van der Waals surface area (Å²) in [5.74, 6) is 2.55. The van der Waals surface area contributed by atoms with Crippen molar-refractivity contribution >= 4 is 16.7 Å². The van der Waals surface area contributed by atoms with E-state index in [1.165, 1.54) is 0 Å². The van der Waals surface area contributed by atoms with Gasteiger partial charge >= 0.3 is 0 Å². The molecule has 1 aromatic heterocycles. The Morgan fingerprint density at radius 1 is 1.12 bits per heavy atom. The van der Waals surface area contributed by atoms with Crippen LogP contribution in [-0.4, -0.2) is 36.3 Å². The van der Waals surface area contributed by atoms with Crippen LogP contribution in [-0.2, 0) is 11.2 Å². The third-order valence-corrected chi connectivity index (χ3v) is 4.69. The summed E-state index contributed by atoms with van der Waals surface area (Å²) in [6.45, 7) is 1.64. The molecule has 4 rings (SSSR count). The molecule has 5 nitrogen and oxygen atoms in total. The van der Waals surface area contributed by atoms with Gasteiger partial charge in [0.2, 0.25) is 0 Å². The fraction of sp³-hybridized carbons (Fsp3) is 0.333. The molecule has 5 heteroatoms. The summed E-state index contributed by atoms with van der Waals surface area (Å²) in [6.07, 6.45) is 3.20. The summed E-state index contributed by atoms with van der Waals surface area (Å²) >= 11 is 0. The lowest BCUT2D eigenvalue weighted by molar-refractivity contribution is 0.120. The average Bonchev–Trinajstić information content (AvgIpc) is 3.20. The highest BCUT2D eigenvalue weighted by Gasteiger charge is 2.16. The molecule has 1 aliphatic heterocycles. The molecular weight excluding hydrogens is 326 g/mol. The van der Waals surface area contributed by atoms with Gasteiger partial charge in [-0.2, -0.15) is 0 Å². The minimum Gasteiger partial charge on any atom is -0.497 e. The number of benzene rings is 2. The lowest BCUT2D eigenvalue weighted by atomic mass is 10.1. The third kappa shape index (κ3) is 3.78. The fourth-order valence-corrected chi connectivity index (χ4v) is 3.28. The lowest BCUT2D eigenvalue weighted by Gasteiger charge is -2.14. The van der Waals surface area contributed by atoms with Crippen LogP contribution in [0.1, 0.15) is 24.2 Å². The van der Waals surface area contributed by atoms with Crippen molar-refractivity contribution in [3.63, 3.8) is 0 Å². The normalized spacial score (nSPS) is 16.7. The van der Waals surface area contributed by atoms with E-state index in [9.17, 15) is 0 Å². The molecule has 1 aliphatic rings. The Morgan fingerprint density at radius 3 is 2.73 bits per heavy atom. The molecule has 0 amide bonds. The van der Waals surface area contributed by atoms with Crippen LogP contribution < -0.4 is 10.1 Å². The molecule has 0 radical (unpaired) electrons. The molecular formula is C21H23N3O2. The van der Waals surface area contributed by atoms with Gasteiger partial charge in [-0.25, -0.2) is 9.97 Å². The Hall–Kier alpha value is -2.66. The monoisotopic (exact) mass is 349 g/mol. The average molecular weight is 349 g/mol. The molecule has 0 bridgehead atoms. The Labute approximate surface area is 153 Å². The van der Waals surface area contributed by atoms with Crippen LogP contribution in [0, 0.1) is 0 Å². The zero-order valence-electron chi connectivity index (χ0n) is 14.9. The zero-order chi connectivity index (χ0) is 17.8. The van der Waals surface area contributed by atoms with E-state index in [0.717, 1.165) is 59.9 Å². The van der Waals surface area contributed by atoms with Gasteiger partial charge in [-0.15, -0.1) is 0 Å². The number of ether oxygens (including phenoxy) is 2. The minimum absolute atomic E-state index is 0.272. The van der Waals surface area contributed by atoms with Crippen molar-refractivity contribution in [1.29, 1.82) is 0 Å². The number of rotatable bonds is 6. The van der Waals surface area contributed by atoms with Gasteiger partial charge in [-0.1, -0.05) is 24.3 Å². The predicted octanol–water partition coefficient (Wildman–Crippen LogP) is 3.82. The number of para-hydroxylation sites is 1. The van der Waals surface area contributed by atoms with Crippen molar-refractivity contribution in [3.05, 3.63) is 59.9 Å². The maximum absolute atomic E-state index is 5.72. The summed E-state index contributed by atoms with van der Waals surface area (Å²) in [6, 6.07) is 16.2. The first-order chi connectivity index (χ1) is 12.8. The van der Waals surface area contributed by atoms with Crippen LogP contribution in [0.25, 0.3) is 10.9 Å². The van der Waals surface area contributed by atoms with Crippen molar-refractivity contribution in [2.24, 2.45) is 0 Å². The predicted molar refractivity (Wildman–Crippen MR) is 103 cm³/mol. The minimum atomic E-state index is 0.272.